The van der Waals surface area contributed by atoms with E-state index in [1.165, 1.54) is 17.3 Å². The summed E-state index contributed by atoms with van der Waals surface area (Å²) in [7, 11) is 0. The van der Waals surface area contributed by atoms with E-state index >= 15 is 0 Å². The molecular formula is C22H26N2O. The molecule has 0 N–H and O–H groups in total. The van der Waals surface area contributed by atoms with Gasteiger partial charge in [-0.1, -0.05) is 49.9 Å². The van der Waals surface area contributed by atoms with Gasteiger partial charge in [-0.05, 0) is 49.1 Å². The summed E-state index contributed by atoms with van der Waals surface area (Å²) in [5.74, 6) is -0.0152. The highest BCUT2D eigenvalue weighted by atomic mass is 16.2. The van der Waals surface area contributed by atoms with Crippen LogP contribution in [-0.2, 0) is 11.2 Å². The van der Waals surface area contributed by atoms with Crippen LogP contribution >= 0.6 is 0 Å². The maximum atomic E-state index is 12.5. The zero-order chi connectivity index (χ0) is 17.6. The Balaban J connectivity index is 1.75. The number of carbonyl (C=O) groups excluding carboxylic acids is 1. The summed E-state index contributed by atoms with van der Waals surface area (Å²) in [5.41, 5.74) is 3.69. The summed E-state index contributed by atoms with van der Waals surface area (Å²) in [5, 5.41) is 0. The van der Waals surface area contributed by atoms with Gasteiger partial charge in [0.25, 0.3) is 5.91 Å². The average molecular weight is 334 g/mol. The average Bonchev–Trinajstić information content (AvgIpc) is 2.69. The molecule has 1 heterocycles. The number of benzene rings is 2. The molecule has 1 aliphatic heterocycles. The van der Waals surface area contributed by atoms with Crippen LogP contribution in [0.2, 0.25) is 0 Å². The van der Waals surface area contributed by atoms with Crippen molar-refractivity contribution in [1.29, 1.82) is 0 Å². The lowest BCUT2D eigenvalue weighted by Gasteiger charge is -2.39. The van der Waals surface area contributed by atoms with Crippen LogP contribution < -0.4 is 9.80 Å². The molecule has 0 radical (unpaired) electrons. The molecule has 2 aromatic rings. The van der Waals surface area contributed by atoms with E-state index in [4.69, 9.17) is 0 Å². The molecule has 1 amide bonds. The van der Waals surface area contributed by atoms with Crippen molar-refractivity contribution >= 4 is 17.3 Å². The van der Waals surface area contributed by atoms with E-state index in [-0.39, 0.29) is 11.9 Å². The van der Waals surface area contributed by atoms with E-state index < -0.39 is 0 Å². The lowest BCUT2D eigenvalue weighted by Crippen LogP contribution is -2.47. The van der Waals surface area contributed by atoms with Crippen LogP contribution in [0.3, 0.4) is 0 Å². The number of hydrogen-bond donors (Lipinski definition) is 0. The number of rotatable bonds is 5. The van der Waals surface area contributed by atoms with E-state index in [0.29, 0.717) is 0 Å². The number of hydrogen-bond acceptors (Lipinski definition) is 2. The molecule has 0 bridgehead atoms. The predicted octanol–water partition coefficient (Wildman–Crippen LogP) is 4.44. The smallest absolute Gasteiger partial charge is 0.250 e. The van der Waals surface area contributed by atoms with Crippen molar-refractivity contribution in [3.63, 3.8) is 0 Å². The normalized spacial score (nSPS) is 15.0. The van der Waals surface area contributed by atoms with Crippen LogP contribution in [0.1, 0.15) is 25.3 Å². The Kier molecular flexibility index (Phi) is 5.54. The molecule has 3 rings (SSSR count). The topological polar surface area (TPSA) is 23.6 Å². The predicted molar refractivity (Wildman–Crippen MR) is 105 cm³/mol. The molecule has 25 heavy (non-hydrogen) atoms. The molecule has 130 valence electrons. The summed E-state index contributed by atoms with van der Waals surface area (Å²) in [6.45, 7) is 7.82. The molecule has 0 atom stereocenters. The fraction of sp³-hybridized carbons (Fsp3) is 0.318. The van der Waals surface area contributed by atoms with Gasteiger partial charge in [0.15, 0.2) is 0 Å². The fourth-order valence-corrected chi connectivity index (χ4v) is 3.69. The van der Waals surface area contributed by atoms with Crippen molar-refractivity contribution in [3.05, 3.63) is 72.8 Å². The van der Waals surface area contributed by atoms with Crippen molar-refractivity contribution in [1.82, 2.24) is 0 Å². The highest BCUT2D eigenvalue weighted by molar-refractivity contribution is 6.01. The SMILES string of the molecule is C=CC(=O)N(c1ccccc1)C1CCN(c2ccccc2CC)CC1. The first-order chi connectivity index (χ1) is 12.2. The molecular weight excluding hydrogens is 308 g/mol. The lowest BCUT2D eigenvalue weighted by molar-refractivity contribution is -0.114. The van der Waals surface area contributed by atoms with Crippen molar-refractivity contribution < 1.29 is 4.79 Å². The molecule has 0 aliphatic carbocycles. The monoisotopic (exact) mass is 334 g/mol. The van der Waals surface area contributed by atoms with Gasteiger partial charge in [-0.25, -0.2) is 0 Å². The first-order valence-electron chi connectivity index (χ1n) is 9.08. The van der Waals surface area contributed by atoms with Gasteiger partial charge in [-0.3, -0.25) is 4.79 Å². The largest absolute Gasteiger partial charge is 0.371 e. The number of amides is 1. The zero-order valence-corrected chi connectivity index (χ0v) is 14.9. The van der Waals surface area contributed by atoms with E-state index in [2.05, 4.69) is 42.7 Å². The Morgan fingerprint density at radius 2 is 1.76 bits per heavy atom. The van der Waals surface area contributed by atoms with Gasteiger partial charge in [0, 0.05) is 30.5 Å². The summed E-state index contributed by atoms with van der Waals surface area (Å²) < 4.78 is 0. The quantitative estimate of drug-likeness (QED) is 0.755. The second kappa shape index (κ2) is 8.02. The van der Waals surface area contributed by atoms with Crippen LogP contribution in [0, 0.1) is 0 Å². The van der Waals surface area contributed by atoms with E-state index in [1.807, 2.05) is 35.2 Å². The first-order valence-corrected chi connectivity index (χ1v) is 9.08. The fourth-order valence-electron chi connectivity index (χ4n) is 3.69. The van der Waals surface area contributed by atoms with Gasteiger partial charge in [0.2, 0.25) is 0 Å². The molecule has 2 aromatic carbocycles. The minimum atomic E-state index is -0.0152. The van der Waals surface area contributed by atoms with Crippen molar-refractivity contribution in [3.8, 4) is 0 Å². The van der Waals surface area contributed by atoms with Gasteiger partial charge in [0.05, 0.1) is 0 Å². The summed E-state index contributed by atoms with van der Waals surface area (Å²) >= 11 is 0. The Bertz CT molecular complexity index is 718. The number of piperidine rings is 1. The molecule has 1 saturated heterocycles. The van der Waals surface area contributed by atoms with Gasteiger partial charge in [0.1, 0.15) is 0 Å². The maximum absolute atomic E-state index is 12.5. The van der Waals surface area contributed by atoms with Crippen LogP contribution in [0.25, 0.3) is 0 Å². The number of para-hydroxylation sites is 2. The standard InChI is InChI=1S/C22H26N2O/c1-3-18-10-8-9-13-21(18)23-16-14-20(15-17-23)24(22(25)4-2)19-11-6-5-7-12-19/h4-13,20H,2-3,14-17H2,1H3. The van der Waals surface area contributed by atoms with Crippen molar-refractivity contribution in [2.75, 3.05) is 22.9 Å². The van der Waals surface area contributed by atoms with E-state index in [0.717, 1.165) is 38.0 Å². The molecule has 0 spiro atoms. The number of aryl methyl sites for hydroxylation is 1. The van der Waals surface area contributed by atoms with Crippen LogP contribution in [-0.4, -0.2) is 25.0 Å². The Morgan fingerprint density at radius 1 is 1.12 bits per heavy atom. The minimum absolute atomic E-state index is 0.0152. The molecule has 0 unspecified atom stereocenters. The second-order valence-corrected chi connectivity index (χ2v) is 6.45. The molecule has 1 aliphatic rings. The van der Waals surface area contributed by atoms with E-state index in [9.17, 15) is 4.79 Å². The number of carbonyl (C=O) groups is 1. The van der Waals surface area contributed by atoms with Gasteiger partial charge >= 0.3 is 0 Å². The summed E-state index contributed by atoms with van der Waals surface area (Å²) in [6.07, 6.45) is 4.39. The highest BCUT2D eigenvalue weighted by Crippen LogP contribution is 2.28. The molecule has 3 heteroatoms. The van der Waals surface area contributed by atoms with Gasteiger partial charge in [-0.2, -0.15) is 0 Å². The Hall–Kier alpha value is -2.55. The number of nitrogens with zero attached hydrogens (tertiary/aromatic N) is 2. The van der Waals surface area contributed by atoms with Crippen molar-refractivity contribution in [2.24, 2.45) is 0 Å². The third-order valence-electron chi connectivity index (χ3n) is 4.99. The van der Waals surface area contributed by atoms with Gasteiger partial charge < -0.3 is 9.80 Å². The maximum Gasteiger partial charge on any atom is 0.250 e. The second-order valence-electron chi connectivity index (χ2n) is 6.45. The minimum Gasteiger partial charge on any atom is -0.371 e. The zero-order valence-electron chi connectivity index (χ0n) is 14.9. The van der Waals surface area contributed by atoms with Crippen LogP contribution in [0.5, 0.6) is 0 Å². The van der Waals surface area contributed by atoms with Crippen LogP contribution in [0.4, 0.5) is 11.4 Å². The van der Waals surface area contributed by atoms with Gasteiger partial charge in [-0.15, -0.1) is 0 Å². The Morgan fingerprint density at radius 3 is 2.40 bits per heavy atom. The Labute approximate surface area is 150 Å². The summed E-state index contributed by atoms with van der Waals surface area (Å²) in [4.78, 5) is 16.8. The van der Waals surface area contributed by atoms with E-state index in [1.54, 1.807) is 0 Å². The lowest BCUT2D eigenvalue weighted by atomic mass is 10.00. The number of anilines is 2. The highest BCUT2D eigenvalue weighted by Gasteiger charge is 2.28. The third-order valence-corrected chi connectivity index (χ3v) is 4.99. The molecule has 0 saturated carbocycles. The molecule has 3 nitrogen and oxygen atoms in total. The third kappa shape index (κ3) is 3.76. The summed E-state index contributed by atoms with van der Waals surface area (Å²) in [6, 6.07) is 18.8. The first kappa shape index (κ1) is 17.3. The van der Waals surface area contributed by atoms with Crippen molar-refractivity contribution in [2.45, 2.75) is 32.2 Å². The molecule has 0 aromatic heterocycles. The molecule has 1 fully saturated rings. The van der Waals surface area contributed by atoms with Crippen LogP contribution in [0.15, 0.2) is 67.3 Å².